The van der Waals surface area contributed by atoms with Crippen LogP contribution in [0.25, 0.3) is 0 Å². The van der Waals surface area contributed by atoms with Crippen LogP contribution >= 0.6 is 0 Å². The van der Waals surface area contributed by atoms with Crippen molar-refractivity contribution in [2.75, 3.05) is 10.5 Å². The highest BCUT2D eigenvalue weighted by Gasteiger charge is 2.18. The molecule has 0 aliphatic rings. The van der Waals surface area contributed by atoms with Gasteiger partial charge in [-0.1, -0.05) is 13.0 Å². The monoisotopic (exact) mass is 280 g/mol. The lowest BCUT2D eigenvalue weighted by atomic mass is 10.2. The van der Waals surface area contributed by atoms with E-state index in [4.69, 9.17) is 5.73 Å². The summed E-state index contributed by atoms with van der Waals surface area (Å²) in [6.07, 6.45) is 1.95. The molecular weight excluding hydrogens is 264 g/mol. The van der Waals surface area contributed by atoms with Gasteiger partial charge in [-0.25, -0.2) is 4.98 Å². The molecule has 6 nitrogen and oxygen atoms in total. The summed E-state index contributed by atoms with van der Waals surface area (Å²) in [5.41, 5.74) is 7.42. The largest absolute Gasteiger partial charge is 0.399 e. The Bertz CT molecular complexity index is 692. The fourth-order valence-corrected chi connectivity index (χ4v) is 2.67. The number of benzene rings is 1. The second-order valence-electron chi connectivity index (χ2n) is 4.23. The number of aromatic amines is 1. The normalized spacial score (nSPS) is 11.5. The highest BCUT2D eigenvalue weighted by Crippen LogP contribution is 2.21. The second-order valence-corrected chi connectivity index (χ2v) is 5.88. The van der Waals surface area contributed by atoms with Gasteiger partial charge in [-0.3, -0.25) is 4.72 Å². The van der Waals surface area contributed by atoms with Crippen LogP contribution in [0.5, 0.6) is 0 Å². The molecule has 102 valence electrons. The van der Waals surface area contributed by atoms with E-state index in [-0.39, 0.29) is 5.03 Å². The van der Waals surface area contributed by atoms with Crippen LogP contribution < -0.4 is 10.5 Å². The fraction of sp³-hybridized carbons (Fsp3) is 0.250. The van der Waals surface area contributed by atoms with Crippen LogP contribution in [0.3, 0.4) is 0 Å². The van der Waals surface area contributed by atoms with E-state index in [0.29, 0.717) is 23.6 Å². The Morgan fingerprint density at radius 3 is 2.79 bits per heavy atom. The number of nitrogens with one attached hydrogen (secondary N) is 2. The summed E-state index contributed by atoms with van der Waals surface area (Å²) in [4.78, 5) is 6.75. The molecule has 0 aliphatic carbocycles. The van der Waals surface area contributed by atoms with Gasteiger partial charge in [0, 0.05) is 12.1 Å². The standard InChI is InChI=1S/C12H16N4O2S/c1-3-11-14-7-12(15-11)19(17,18)16-10-6-9(13)5-4-8(10)2/h4-7,16H,3,13H2,1-2H3,(H,14,15). The van der Waals surface area contributed by atoms with Crippen LogP contribution in [0.15, 0.2) is 29.4 Å². The van der Waals surface area contributed by atoms with Crippen molar-refractivity contribution in [2.45, 2.75) is 25.3 Å². The molecule has 0 saturated heterocycles. The molecule has 0 fully saturated rings. The van der Waals surface area contributed by atoms with Crippen molar-refractivity contribution < 1.29 is 8.42 Å². The summed E-state index contributed by atoms with van der Waals surface area (Å²) in [6, 6.07) is 5.07. The highest BCUT2D eigenvalue weighted by atomic mass is 32.2. The average molecular weight is 280 g/mol. The third kappa shape index (κ3) is 2.87. The molecule has 0 spiro atoms. The van der Waals surface area contributed by atoms with E-state index in [0.717, 1.165) is 5.56 Å². The molecule has 7 heteroatoms. The molecule has 2 rings (SSSR count). The van der Waals surface area contributed by atoms with E-state index in [1.165, 1.54) is 6.20 Å². The number of nitrogens with two attached hydrogens (primary N) is 1. The minimum Gasteiger partial charge on any atom is -0.399 e. The van der Waals surface area contributed by atoms with Crippen molar-refractivity contribution in [3.63, 3.8) is 0 Å². The molecule has 0 bridgehead atoms. The molecule has 0 atom stereocenters. The molecule has 0 unspecified atom stereocenters. The van der Waals surface area contributed by atoms with Crippen LogP contribution in [-0.2, 0) is 16.4 Å². The quantitative estimate of drug-likeness (QED) is 0.741. The maximum absolute atomic E-state index is 12.2. The fourth-order valence-electron chi connectivity index (χ4n) is 1.61. The number of anilines is 2. The van der Waals surface area contributed by atoms with Crippen LogP contribution in [0.1, 0.15) is 18.3 Å². The summed E-state index contributed by atoms with van der Waals surface area (Å²) in [5.74, 6) is 0.629. The van der Waals surface area contributed by atoms with Gasteiger partial charge in [0.25, 0.3) is 10.0 Å². The van der Waals surface area contributed by atoms with E-state index in [9.17, 15) is 8.42 Å². The lowest BCUT2D eigenvalue weighted by Crippen LogP contribution is -2.14. The predicted octanol–water partition coefficient (Wildman–Crippen LogP) is 1.66. The zero-order valence-corrected chi connectivity index (χ0v) is 11.6. The summed E-state index contributed by atoms with van der Waals surface area (Å²) >= 11 is 0. The molecule has 4 N–H and O–H groups in total. The Morgan fingerprint density at radius 2 is 2.16 bits per heavy atom. The number of aromatic nitrogens is 2. The number of rotatable bonds is 4. The first-order valence-electron chi connectivity index (χ1n) is 5.85. The molecule has 1 aromatic carbocycles. The third-order valence-electron chi connectivity index (χ3n) is 2.74. The number of hydrogen-bond acceptors (Lipinski definition) is 4. The summed E-state index contributed by atoms with van der Waals surface area (Å²) < 4.78 is 26.8. The first-order valence-corrected chi connectivity index (χ1v) is 7.33. The van der Waals surface area contributed by atoms with Crippen LogP contribution in [0, 0.1) is 6.92 Å². The maximum atomic E-state index is 12.2. The summed E-state index contributed by atoms with van der Waals surface area (Å²) in [7, 11) is -3.67. The molecule has 2 aromatic rings. The van der Waals surface area contributed by atoms with E-state index in [2.05, 4.69) is 14.7 Å². The van der Waals surface area contributed by atoms with Crippen molar-refractivity contribution in [2.24, 2.45) is 0 Å². The second kappa shape index (κ2) is 4.93. The number of nitrogen functional groups attached to an aromatic ring is 1. The van der Waals surface area contributed by atoms with Crippen molar-refractivity contribution in [1.82, 2.24) is 9.97 Å². The zero-order chi connectivity index (χ0) is 14.0. The van der Waals surface area contributed by atoms with Gasteiger partial charge in [0.1, 0.15) is 5.82 Å². The third-order valence-corrected chi connectivity index (χ3v) is 4.01. The first kappa shape index (κ1) is 13.4. The van der Waals surface area contributed by atoms with Crippen LogP contribution in [0.2, 0.25) is 0 Å². The lowest BCUT2D eigenvalue weighted by molar-refractivity contribution is 0.598. The van der Waals surface area contributed by atoms with E-state index in [1.807, 2.05) is 13.8 Å². The van der Waals surface area contributed by atoms with Crippen molar-refractivity contribution >= 4 is 21.4 Å². The van der Waals surface area contributed by atoms with Gasteiger partial charge in [-0.15, -0.1) is 0 Å². The van der Waals surface area contributed by atoms with Crippen molar-refractivity contribution in [1.29, 1.82) is 0 Å². The van der Waals surface area contributed by atoms with Crippen molar-refractivity contribution in [3.05, 3.63) is 35.8 Å². The molecule has 1 aromatic heterocycles. The van der Waals surface area contributed by atoms with Gasteiger partial charge in [0.2, 0.25) is 0 Å². The van der Waals surface area contributed by atoms with Gasteiger partial charge in [-0.2, -0.15) is 8.42 Å². The van der Waals surface area contributed by atoms with Gasteiger partial charge in [-0.05, 0) is 24.6 Å². The summed E-state index contributed by atoms with van der Waals surface area (Å²) in [6.45, 7) is 3.70. The zero-order valence-electron chi connectivity index (χ0n) is 10.8. The Hall–Kier alpha value is -2.02. The topological polar surface area (TPSA) is 101 Å². The smallest absolute Gasteiger partial charge is 0.278 e. The number of imidazole rings is 1. The Balaban J connectivity index is 2.33. The molecule has 1 heterocycles. The summed E-state index contributed by atoms with van der Waals surface area (Å²) in [5, 5.41) is 0.0474. The average Bonchev–Trinajstić information content (AvgIpc) is 2.83. The highest BCUT2D eigenvalue weighted by molar-refractivity contribution is 7.92. The molecule has 19 heavy (non-hydrogen) atoms. The van der Waals surface area contributed by atoms with E-state index < -0.39 is 10.0 Å². The number of aryl methyl sites for hydroxylation is 2. The van der Waals surface area contributed by atoms with E-state index >= 15 is 0 Å². The predicted molar refractivity (Wildman–Crippen MR) is 74.4 cm³/mol. The van der Waals surface area contributed by atoms with Crippen molar-refractivity contribution in [3.8, 4) is 0 Å². The van der Waals surface area contributed by atoms with Gasteiger partial charge < -0.3 is 10.7 Å². The minimum absolute atomic E-state index is 0.0474. The molecule has 0 amide bonds. The lowest BCUT2D eigenvalue weighted by Gasteiger charge is -2.09. The van der Waals surface area contributed by atoms with Gasteiger partial charge in [0.05, 0.1) is 11.9 Å². The number of H-pyrrole nitrogens is 1. The number of hydrogen-bond donors (Lipinski definition) is 3. The SMILES string of the molecule is CCc1ncc(S(=O)(=O)Nc2cc(N)ccc2C)[nH]1. The van der Waals surface area contributed by atoms with Gasteiger partial charge in [0.15, 0.2) is 5.03 Å². The maximum Gasteiger partial charge on any atom is 0.278 e. The Kier molecular flexibility index (Phi) is 3.48. The minimum atomic E-state index is -3.67. The van der Waals surface area contributed by atoms with Crippen LogP contribution in [-0.4, -0.2) is 18.4 Å². The Labute approximate surface area is 112 Å². The number of sulfonamides is 1. The molecule has 0 aliphatic heterocycles. The van der Waals surface area contributed by atoms with Crippen LogP contribution in [0.4, 0.5) is 11.4 Å². The van der Waals surface area contributed by atoms with E-state index in [1.54, 1.807) is 18.2 Å². The molecule has 0 radical (unpaired) electrons. The van der Waals surface area contributed by atoms with Gasteiger partial charge >= 0.3 is 0 Å². The molecule has 0 saturated carbocycles. The first-order chi connectivity index (χ1) is 8.92. The number of nitrogens with zero attached hydrogens (tertiary/aromatic N) is 1. The molecular formula is C12H16N4O2S. The Morgan fingerprint density at radius 1 is 1.42 bits per heavy atom.